The number of piperidine rings is 1. The zero-order valence-corrected chi connectivity index (χ0v) is 16.9. The van der Waals surface area contributed by atoms with Crippen LogP contribution in [0.4, 0.5) is 11.4 Å². The second kappa shape index (κ2) is 8.99. The van der Waals surface area contributed by atoms with Crippen LogP contribution < -0.4 is 20.9 Å². The standard InChI is InChI=1S/C23H29N5O/c1-17-10-14-28(15-11-17)21-8-4-19(5-9-21)22(29)26-16-18-2-6-20(7-3-18)27-23-24-12-13-25-23/h2-9,17H,10-16H2,1H3,(H,26,29)(H2,24,25,27). The molecule has 152 valence electrons. The highest BCUT2D eigenvalue weighted by Gasteiger charge is 2.16. The van der Waals surface area contributed by atoms with Gasteiger partial charge in [-0.2, -0.15) is 0 Å². The Morgan fingerprint density at radius 1 is 1.10 bits per heavy atom. The third kappa shape index (κ3) is 5.08. The molecule has 0 aliphatic carbocycles. The molecule has 6 heteroatoms. The van der Waals surface area contributed by atoms with E-state index in [9.17, 15) is 4.79 Å². The third-order valence-corrected chi connectivity index (χ3v) is 5.62. The van der Waals surface area contributed by atoms with E-state index in [1.807, 2.05) is 36.4 Å². The molecule has 2 aliphatic rings. The lowest BCUT2D eigenvalue weighted by atomic mass is 9.98. The Kier molecular flexibility index (Phi) is 5.98. The number of guanidine groups is 1. The second-order valence-corrected chi connectivity index (χ2v) is 7.88. The average Bonchev–Trinajstić information content (AvgIpc) is 3.27. The highest BCUT2D eigenvalue weighted by Crippen LogP contribution is 2.23. The van der Waals surface area contributed by atoms with E-state index in [1.165, 1.54) is 18.5 Å². The number of hydrogen-bond acceptors (Lipinski definition) is 5. The van der Waals surface area contributed by atoms with Crippen molar-refractivity contribution in [3.63, 3.8) is 0 Å². The molecule has 0 radical (unpaired) electrons. The van der Waals surface area contributed by atoms with Crippen LogP contribution >= 0.6 is 0 Å². The van der Waals surface area contributed by atoms with E-state index in [0.717, 1.165) is 49.3 Å². The summed E-state index contributed by atoms with van der Waals surface area (Å²) < 4.78 is 0. The van der Waals surface area contributed by atoms with Crippen molar-refractivity contribution < 1.29 is 4.79 Å². The van der Waals surface area contributed by atoms with Crippen LogP contribution in [0, 0.1) is 5.92 Å². The summed E-state index contributed by atoms with van der Waals surface area (Å²) in [6, 6.07) is 16.0. The van der Waals surface area contributed by atoms with E-state index in [2.05, 4.69) is 44.9 Å². The van der Waals surface area contributed by atoms with Gasteiger partial charge in [0.25, 0.3) is 5.91 Å². The predicted molar refractivity (Wildman–Crippen MR) is 119 cm³/mol. The molecule has 3 N–H and O–H groups in total. The number of anilines is 2. The fourth-order valence-corrected chi connectivity index (χ4v) is 3.70. The number of carbonyl (C=O) groups excluding carboxylic acids is 1. The molecular weight excluding hydrogens is 362 g/mol. The molecule has 0 saturated carbocycles. The quantitative estimate of drug-likeness (QED) is 0.732. The summed E-state index contributed by atoms with van der Waals surface area (Å²) in [6.45, 7) is 6.71. The zero-order chi connectivity index (χ0) is 20.1. The molecule has 0 bridgehead atoms. The van der Waals surface area contributed by atoms with Crippen LogP contribution in [0.1, 0.15) is 35.7 Å². The number of rotatable bonds is 5. The summed E-state index contributed by atoms with van der Waals surface area (Å²) in [6.07, 6.45) is 2.47. The number of amides is 1. The first-order valence-corrected chi connectivity index (χ1v) is 10.4. The van der Waals surface area contributed by atoms with Gasteiger partial charge >= 0.3 is 0 Å². The van der Waals surface area contributed by atoms with E-state index in [4.69, 9.17) is 0 Å². The van der Waals surface area contributed by atoms with Crippen LogP contribution in [0.3, 0.4) is 0 Å². The minimum Gasteiger partial charge on any atom is -0.372 e. The molecule has 2 aromatic rings. The van der Waals surface area contributed by atoms with Gasteiger partial charge in [-0.3, -0.25) is 9.79 Å². The Morgan fingerprint density at radius 2 is 1.83 bits per heavy atom. The van der Waals surface area contributed by atoms with Crippen molar-refractivity contribution in [2.75, 3.05) is 36.4 Å². The van der Waals surface area contributed by atoms with Crippen LogP contribution in [0.15, 0.2) is 53.5 Å². The summed E-state index contributed by atoms with van der Waals surface area (Å²) in [5, 5.41) is 9.43. The SMILES string of the molecule is CC1CCN(c2ccc(C(=O)NCc3ccc(NC4=NCCN4)cc3)cc2)CC1. The second-order valence-electron chi connectivity index (χ2n) is 7.88. The number of benzene rings is 2. The summed E-state index contributed by atoms with van der Waals surface area (Å²) in [4.78, 5) is 19.2. The number of nitrogens with zero attached hydrogens (tertiary/aromatic N) is 2. The monoisotopic (exact) mass is 391 g/mol. The molecular formula is C23H29N5O. The molecule has 4 rings (SSSR count). The van der Waals surface area contributed by atoms with Crippen molar-refractivity contribution in [3.05, 3.63) is 59.7 Å². The van der Waals surface area contributed by atoms with Crippen molar-refractivity contribution in [1.29, 1.82) is 0 Å². The lowest BCUT2D eigenvalue weighted by molar-refractivity contribution is 0.0951. The van der Waals surface area contributed by atoms with E-state index >= 15 is 0 Å². The lowest BCUT2D eigenvalue weighted by Crippen LogP contribution is -2.32. The number of hydrogen-bond donors (Lipinski definition) is 3. The van der Waals surface area contributed by atoms with E-state index < -0.39 is 0 Å². The van der Waals surface area contributed by atoms with Crippen LogP contribution in [-0.4, -0.2) is 38.0 Å². The van der Waals surface area contributed by atoms with Gasteiger partial charge in [-0.1, -0.05) is 19.1 Å². The summed E-state index contributed by atoms with van der Waals surface area (Å²) >= 11 is 0. The maximum Gasteiger partial charge on any atom is 0.251 e. The highest BCUT2D eigenvalue weighted by molar-refractivity contribution is 5.95. The van der Waals surface area contributed by atoms with Gasteiger partial charge in [0.05, 0.1) is 6.54 Å². The van der Waals surface area contributed by atoms with Gasteiger partial charge in [-0.05, 0) is 60.7 Å². The molecule has 1 amide bonds. The first-order chi connectivity index (χ1) is 14.2. The van der Waals surface area contributed by atoms with Gasteiger partial charge in [0.1, 0.15) is 0 Å². The fourth-order valence-electron chi connectivity index (χ4n) is 3.70. The molecule has 29 heavy (non-hydrogen) atoms. The zero-order valence-electron chi connectivity index (χ0n) is 16.9. The Labute approximate surface area is 172 Å². The summed E-state index contributed by atoms with van der Waals surface area (Å²) in [5.74, 6) is 1.58. The van der Waals surface area contributed by atoms with Crippen molar-refractivity contribution in [1.82, 2.24) is 10.6 Å². The largest absolute Gasteiger partial charge is 0.372 e. The van der Waals surface area contributed by atoms with Crippen molar-refractivity contribution >= 4 is 23.2 Å². The first kappa shape index (κ1) is 19.3. The van der Waals surface area contributed by atoms with Crippen molar-refractivity contribution in [2.45, 2.75) is 26.3 Å². The Hall–Kier alpha value is -3.02. The molecule has 0 atom stereocenters. The minimum absolute atomic E-state index is 0.0458. The maximum atomic E-state index is 12.5. The molecule has 0 aromatic heterocycles. The molecule has 0 spiro atoms. The molecule has 6 nitrogen and oxygen atoms in total. The predicted octanol–water partition coefficient (Wildman–Crippen LogP) is 3.22. The van der Waals surface area contributed by atoms with Crippen molar-refractivity contribution in [3.8, 4) is 0 Å². The number of aliphatic imine (C=N–C) groups is 1. The number of carbonyl (C=O) groups is 1. The Balaban J connectivity index is 1.28. The molecule has 2 aliphatic heterocycles. The van der Waals surface area contributed by atoms with E-state index in [0.29, 0.717) is 12.1 Å². The van der Waals surface area contributed by atoms with E-state index in [-0.39, 0.29) is 5.91 Å². The van der Waals surface area contributed by atoms with Gasteiger partial charge in [-0.15, -0.1) is 0 Å². The molecule has 0 unspecified atom stereocenters. The summed E-state index contributed by atoms with van der Waals surface area (Å²) in [7, 11) is 0. The van der Waals surface area contributed by atoms with Gasteiger partial charge in [0.15, 0.2) is 5.96 Å². The Morgan fingerprint density at radius 3 is 2.48 bits per heavy atom. The summed E-state index contributed by atoms with van der Waals surface area (Å²) in [5.41, 5.74) is 3.95. The van der Waals surface area contributed by atoms with Gasteiger partial charge < -0.3 is 20.9 Å². The molecule has 2 heterocycles. The highest BCUT2D eigenvalue weighted by atomic mass is 16.1. The maximum absolute atomic E-state index is 12.5. The van der Waals surface area contributed by atoms with Crippen molar-refractivity contribution in [2.24, 2.45) is 10.9 Å². The van der Waals surface area contributed by atoms with Gasteiger partial charge in [0, 0.05) is 43.1 Å². The fraction of sp³-hybridized carbons (Fsp3) is 0.391. The third-order valence-electron chi connectivity index (χ3n) is 5.62. The molecule has 1 fully saturated rings. The Bertz CT molecular complexity index is 852. The van der Waals surface area contributed by atoms with Gasteiger partial charge in [0.2, 0.25) is 0 Å². The van der Waals surface area contributed by atoms with Crippen LogP contribution in [0.5, 0.6) is 0 Å². The number of nitrogens with one attached hydrogen (secondary N) is 3. The normalized spacial score (nSPS) is 16.9. The molecule has 1 saturated heterocycles. The minimum atomic E-state index is -0.0458. The van der Waals surface area contributed by atoms with E-state index in [1.54, 1.807) is 0 Å². The topological polar surface area (TPSA) is 68.8 Å². The average molecular weight is 392 g/mol. The first-order valence-electron chi connectivity index (χ1n) is 10.4. The smallest absolute Gasteiger partial charge is 0.251 e. The lowest BCUT2D eigenvalue weighted by Gasteiger charge is -2.32. The van der Waals surface area contributed by atoms with Crippen LogP contribution in [0.25, 0.3) is 0 Å². The molecule has 2 aromatic carbocycles. The van der Waals surface area contributed by atoms with Crippen LogP contribution in [-0.2, 0) is 6.54 Å². The van der Waals surface area contributed by atoms with Crippen LogP contribution in [0.2, 0.25) is 0 Å². The van der Waals surface area contributed by atoms with Gasteiger partial charge in [-0.25, -0.2) is 0 Å².